The van der Waals surface area contributed by atoms with E-state index in [1.165, 1.54) is 59.1 Å². The lowest BCUT2D eigenvalue weighted by molar-refractivity contribution is 0.0975. The number of hydrogen-bond donors (Lipinski definition) is 0. The molecule has 2 aliphatic carbocycles. The number of Topliss-reactive ketones (excluding diaryl/α,β-unsaturated/α-hetero) is 4. The molecule has 6 aromatic carbocycles. The van der Waals surface area contributed by atoms with Gasteiger partial charge in [0.2, 0.25) is 0 Å². The molecule has 3 aromatic heterocycles. The third-order valence-electron chi connectivity index (χ3n) is 10.8. The van der Waals surface area contributed by atoms with Crippen LogP contribution >= 0.6 is 22.7 Å². The number of ketones is 4. The smallest absolute Gasteiger partial charge is 0.442 e. The second-order valence-corrected chi connectivity index (χ2v) is 16.6. The minimum atomic E-state index is -1.09. The summed E-state index contributed by atoms with van der Waals surface area (Å²) in [5.41, 5.74) is 1.20. The van der Waals surface area contributed by atoms with E-state index in [1.807, 2.05) is 6.07 Å². The molecule has 15 heteroatoms. The predicted octanol–water partition coefficient (Wildman–Crippen LogP) is 10.8. The van der Waals surface area contributed by atoms with Crippen LogP contribution in [0.5, 0.6) is 0 Å². The van der Waals surface area contributed by atoms with Crippen molar-refractivity contribution in [2.24, 2.45) is 0 Å². The molecule has 0 atom stereocenters. The highest BCUT2D eigenvalue weighted by Gasteiger charge is 2.35. The number of carbonyl (C=O) groups is 5. The standard InChI is InChI=1S/C46H19F4N3O6S2/c47-34-10-20-6-26-27(7-21(20)11-35(34)48)41(55)32(40(26)54)16-24-14-30-38-39(52-53(51-38)46(58)59-18-19-4-2-1-3-5-19)31-15-25(61-45(31)44(30)60-24)17-33-42(56)28-8-22-12-36(49)37(50)13-23(22)9-29(28)43(33)57/h1-17H,18H2. The summed E-state index contributed by atoms with van der Waals surface area (Å²) in [4.78, 5) is 69.7. The van der Waals surface area contributed by atoms with Crippen LogP contribution in [0.2, 0.25) is 0 Å². The van der Waals surface area contributed by atoms with Crippen LogP contribution in [0.15, 0.2) is 102 Å². The van der Waals surface area contributed by atoms with Gasteiger partial charge in [0.15, 0.2) is 46.4 Å². The van der Waals surface area contributed by atoms with E-state index >= 15 is 0 Å². The first kappa shape index (κ1) is 36.6. The zero-order valence-corrected chi connectivity index (χ0v) is 32.3. The summed E-state index contributed by atoms with van der Waals surface area (Å²) in [7, 11) is 0. The largest absolute Gasteiger partial charge is 0.452 e. The van der Waals surface area contributed by atoms with Crippen LogP contribution in [0.1, 0.15) is 56.7 Å². The van der Waals surface area contributed by atoms with Crippen LogP contribution in [0.4, 0.5) is 22.4 Å². The molecule has 0 unspecified atom stereocenters. The van der Waals surface area contributed by atoms with E-state index in [-0.39, 0.29) is 72.6 Å². The van der Waals surface area contributed by atoms with Crippen molar-refractivity contribution in [1.82, 2.24) is 15.0 Å². The molecule has 294 valence electrons. The average molecular weight is 850 g/mol. The SMILES string of the molecule is O=C1C(=Cc2cc3c4nn(C(=O)OCc5ccccc5)nc4c4cc(C=C5C(=O)c6cc7cc(F)c(F)cc7cc6C5=O)sc4c3s2)C(=O)c2cc3cc(F)c(F)cc3cc21. The summed E-state index contributed by atoms with van der Waals surface area (Å²) in [6, 6.07) is 21.7. The quantitative estimate of drug-likeness (QED) is 0.0974. The van der Waals surface area contributed by atoms with E-state index in [0.717, 1.165) is 34.6 Å². The molecule has 0 spiro atoms. The number of nitrogens with zero attached hydrogens (tertiary/aromatic N) is 3. The van der Waals surface area contributed by atoms with Crippen LogP contribution in [0.25, 0.3) is 64.9 Å². The Balaban J connectivity index is 1.03. The van der Waals surface area contributed by atoms with Crippen LogP contribution in [-0.4, -0.2) is 44.2 Å². The maximum atomic E-state index is 14.1. The molecule has 0 amide bonds. The van der Waals surface area contributed by atoms with Crippen molar-refractivity contribution in [3.8, 4) is 0 Å². The van der Waals surface area contributed by atoms with E-state index in [4.69, 9.17) is 4.74 Å². The molecule has 61 heavy (non-hydrogen) atoms. The fourth-order valence-corrected chi connectivity index (χ4v) is 10.2. The first-order valence-corrected chi connectivity index (χ1v) is 20.0. The van der Waals surface area contributed by atoms with Gasteiger partial charge in [-0.25, -0.2) is 22.4 Å². The molecular weight excluding hydrogens is 831 g/mol. The normalized spacial score (nSPS) is 13.8. The first-order chi connectivity index (χ1) is 29.4. The van der Waals surface area contributed by atoms with Gasteiger partial charge in [0, 0.05) is 42.8 Å². The molecular formula is C46H19F4N3O6S2. The summed E-state index contributed by atoms with van der Waals surface area (Å²) >= 11 is 2.43. The Morgan fingerprint density at radius 1 is 0.557 bits per heavy atom. The molecule has 9 aromatic rings. The number of carbonyl (C=O) groups excluding carboxylic acids is 5. The zero-order chi connectivity index (χ0) is 42.0. The Morgan fingerprint density at radius 3 is 1.31 bits per heavy atom. The third-order valence-corrected chi connectivity index (χ3v) is 13.1. The summed E-state index contributed by atoms with van der Waals surface area (Å²) in [6.45, 7) is -0.0531. The Kier molecular flexibility index (Phi) is 7.95. The molecule has 0 bridgehead atoms. The van der Waals surface area contributed by atoms with Crippen LogP contribution in [0, 0.1) is 23.3 Å². The second-order valence-electron chi connectivity index (χ2n) is 14.5. The van der Waals surface area contributed by atoms with Gasteiger partial charge in [-0.1, -0.05) is 35.1 Å². The van der Waals surface area contributed by atoms with Crippen LogP contribution < -0.4 is 0 Å². The van der Waals surface area contributed by atoms with Gasteiger partial charge in [0.1, 0.15) is 17.6 Å². The highest BCUT2D eigenvalue weighted by Crippen LogP contribution is 2.45. The van der Waals surface area contributed by atoms with Crippen molar-refractivity contribution in [2.45, 2.75) is 6.61 Å². The van der Waals surface area contributed by atoms with Crippen LogP contribution in [0.3, 0.4) is 0 Å². The lowest BCUT2D eigenvalue weighted by atomic mass is 10.0. The fourth-order valence-electron chi connectivity index (χ4n) is 7.85. The molecule has 11 rings (SSSR count). The molecule has 3 heterocycles. The lowest BCUT2D eigenvalue weighted by Crippen LogP contribution is -2.16. The van der Waals surface area contributed by atoms with Crippen LogP contribution in [-0.2, 0) is 11.3 Å². The van der Waals surface area contributed by atoms with Crippen molar-refractivity contribution in [1.29, 1.82) is 0 Å². The van der Waals surface area contributed by atoms with Gasteiger partial charge >= 0.3 is 6.09 Å². The van der Waals surface area contributed by atoms with Gasteiger partial charge < -0.3 is 4.74 Å². The molecule has 0 aliphatic heterocycles. The highest BCUT2D eigenvalue weighted by atomic mass is 32.1. The third kappa shape index (κ3) is 5.68. The number of thiophene rings is 2. The number of fused-ring (bicyclic) bond motifs is 10. The first-order valence-electron chi connectivity index (χ1n) is 18.3. The number of allylic oxidation sites excluding steroid dienone is 2. The Hall–Kier alpha value is -7.49. The predicted molar refractivity (Wildman–Crippen MR) is 221 cm³/mol. The minimum Gasteiger partial charge on any atom is -0.442 e. The molecule has 0 saturated heterocycles. The minimum absolute atomic E-state index is 0.0531. The highest BCUT2D eigenvalue weighted by molar-refractivity contribution is 7.28. The van der Waals surface area contributed by atoms with Gasteiger partial charge in [-0.15, -0.1) is 32.9 Å². The van der Waals surface area contributed by atoms with Crippen molar-refractivity contribution in [3.63, 3.8) is 0 Å². The number of aromatic nitrogens is 3. The van der Waals surface area contributed by atoms with Gasteiger partial charge in [0.05, 0.1) is 20.5 Å². The molecule has 2 aliphatic rings. The van der Waals surface area contributed by atoms with Crippen molar-refractivity contribution in [3.05, 3.63) is 163 Å². The Morgan fingerprint density at radius 2 is 0.934 bits per heavy atom. The van der Waals surface area contributed by atoms with E-state index in [2.05, 4.69) is 10.2 Å². The number of hydrogen-bond acceptors (Lipinski definition) is 10. The Labute approximate surface area is 346 Å². The number of halogens is 4. The van der Waals surface area contributed by atoms with E-state index in [9.17, 15) is 41.5 Å². The topological polar surface area (TPSA) is 125 Å². The fraction of sp³-hybridized carbons (Fsp3) is 0.0217. The Bertz CT molecular complexity index is 3310. The monoisotopic (exact) mass is 849 g/mol. The molecule has 0 N–H and O–H groups in total. The van der Waals surface area contributed by atoms with Gasteiger partial charge in [0.25, 0.3) is 0 Å². The van der Waals surface area contributed by atoms with Gasteiger partial charge in [-0.2, -0.15) is 0 Å². The summed E-state index contributed by atoms with van der Waals surface area (Å²) in [5.74, 6) is -6.72. The zero-order valence-electron chi connectivity index (χ0n) is 30.6. The molecule has 0 fully saturated rings. The number of rotatable bonds is 4. The number of ether oxygens (including phenoxy) is 1. The summed E-state index contributed by atoms with van der Waals surface area (Å²) in [5, 5.41) is 11.1. The molecule has 9 nitrogen and oxygen atoms in total. The second kappa shape index (κ2) is 13.3. The van der Waals surface area contributed by atoms with Crippen molar-refractivity contribution >= 4 is 117 Å². The van der Waals surface area contributed by atoms with E-state index in [1.54, 1.807) is 36.4 Å². The van der Waals surface area contributed by atoms with E-state index in [0.29, 0.717) is 29.9 Å². The van der Waals surface area contributed by atoms with Gasteiger partial charge in [-0.05, 0) is 99.9 Å². The number of benzene rings is 6. The summed E-state index contributed by atoms with van der Waals surface area (Å²) in [6.07, 6.45) is 2.00. The van der Waals surface area contributed by atoms with Gasteiger partial charge in [-0.3, -0.25) is 19.2 Å². The average Bonchev–Trinajstić information content (AvgIpc) is 4.06. The maximum absolute atomic E-state index is 14.1. The summed E-state index contributed by atoms with van der Waals surface area (Å²) < 4.78 is 63.0. The lowest BCUT2D eigenvalue weighted by Gasteiger charge is -2.02. The maximum Gasteiger partial charge on any atom is 0.452 e. The molecule has 0 saturated carbocycles. The molecule has 0 radical (unpaired) electrons. The van der Waals surface area contributed by atoms with Crippen molar-refractivity contribution < 1.29 is 46.3 Å². The van der Waals surface area contributed by atoms with E-state index < -0.39 is 52.5 Å². The van der Waals surface area contributed by atoms with Crippen molar-refractivity contribution in [2.75, 3.05) is 0 Å².